The lowest BCUT2D eigenvalue weighted by molar-refractivity contribution is 0.158. The second-order valence-corrected chi connectivity index (χ2v) is 3.59. The van der Waals surface area contributed by atoms with Crippen LogP contribution < -0.4 is 10.4 Å². The van der Waals surface area contributed by atoms with Gasteiger partial charge in [0.1, 0.15) is 7.11 Å². The molecule has 0 aliphatic rings. The molecule has 0 saturated carbocycles. The Balaban J connectivity index is 2.59. The summed E-state index contributed by atoms with van der Waals surface area (Å²) in [6.07, 6.45) is 1.61. The number of hydrogen-bond donors (Lipinski definition) is 1. The largest absolute Gasteiger partial charge is 0.414 e. The highest BCUT2D eigenvalue weighted by atomic mass is 16.6. The quantitative estimate of drug-likeness (QED) is 0.668. The van der Waals surface area contributed by atoms with Crippen LogP contribution in [0.2, 0.25) is 0 Å². The van der Waals surface area contributed by atoms with Crippen molar-refractivity contribution in [3.63, 3.8) is 0 Å². The molecule has 16 heavy (non-hydrogen) atoms. The summed E-state index contributed by atoms with van der Waals surface area (Å²) >= 11 is 0. The van der Waals surface area contributed by atoms with Gasteiger partial charge in [-0.3, -0.25) is 4.79 Å². The van der Waals surface area contributed by atoms with Gasteiger partial charge in [-0.2, -0.15) is 4.73 Å². The van der Waals surface area contributed by atoms with Gasteiger partial charge in [-0.1, -0.05) is 18.2 Å². The van der Waals surface area contributed by atoms with Crippen molar-refractivity contribution in [2.75, 3.05) is 7.11 Å². The molecular formula is C12H10N2O2. The molecule has 3 aromatic rings. The highest BCUT2D eigenvalue weighted by molar-refractivity contribution is 6.06. The Morgan fingerprint density at radius 1 is 1.19 bits per heavy atom. The number of H-pyrrole nitrogens is 1. The first-order valence-electron chi connectivity index (χ1n) is 4.98. The number of aromatic nitrogens is 2. The van der Waals surface area contributed by atoms with Gasteiger partial charge in [0.05, 0.1) is 10.9 Å². The summed E-state index contributed by atoms with van der Waals surface area (Å²) in [6.45, 7) is 0. The van der Waals surface area contributed by atoms with Crippen LogP contribution in [0.15, 0.2) is 41.3 Å². The Hall–Kier alpha value is -2.23. The fourth-order valence-corrected chi connectivity index (χ4v) is 1.98. The monoisotopic (exact) mass is 214 g/mol. The number of benzene rings is 1. The van der Waals surface area contributed by atoms with E-state index in [0.717, 1.165) is 16.4 Å². The van der Waals surface area contributed by atoms with E-state index in [1.165, 1.54) is 11.8 Å². The van der Waals surface area contributed by atoms with Crippen LogP contribution >= 0.6 is 0 Å². The van der Waals surface area contributed by atoms with Crippen LogP contribution in [0.4, 0.5) is 0 Å². The van der Waals surface area contributed by atoms with Gasteiger partial charge < -0.3 is 9.82 Å². The molecule has 2 heterocycles. The predicted molar refractivity (Wildman–Crippen MR) is 62.6 cm³/mol. The average Bonchev–Trinajstić information content (AvgIpc) is 2.68. The second-order valence-electron chi connectivity index (χ2n) is 3.59. The minimum Gasteiger partial charge on any atom is -0.414 e. The Morgan fingerprint density at radius 3 is 2.81 bits per heavy atom. The first kappa shape index (κ1) is 9.03. The molecule has 4 nitrogen and oxygen atoms in total. The third-order valence-electron chi connectivity index (χ3n) is 2.72. The third-order valence-corrected chi connectivity index (χ3v) is 2.72. The predicted octanol–water partition coefficient (Wildman–Crippen LogP) is 1.54. The summed E-state index contributed by atoms with van der Waals surface area (Å²) in [7, 11) is 1.47. The van der Waals surface area contributed by atoms with E-state index in [-0.39, 0.29) is 5.56 Å². The van der Waals surface area contributed by atoms with Gasteiger partial charge in [-0.25, -0.2) is 0 Å². The van der Waals surface area contributed by atoms with Crippen molar-refractivity contribution in [3.8, 4) is 0 Å². The third kappa shape index (κ3) is 1.07. The van der Waals surface area contributed by atoms with Gasteiger partial charge in [-0.05, 0) is 12.1 Å². The van der Waals surface area contributed by atoms with Crippen LogP contribution in [0.1, 0.15) is 0 Å². The molecule has 4 heteroatoms. The van der Waals surface area contributed by atoms with Gasteiger partial charge in [0.15, 0.2) is 0 Å². The lowest BCUT2D eigenvalue weighted by atomic mass is 10.2. The van der Waals surface area contributed by atoms with E-state index in [1.54, 1.807) is 6.20 Å². The Bertz CT molecular complexity index is 725. The molecule has 0 bridgehead atoms. The molecule has 1 N–H and O–H groups in total. The summed E-state index contributed by atoms with van der Waals surface area (Å²) < 4.78 is 1.22. The average molecular weight is 214 g/mol. The highest BCUT2D eigenvalue weighted by Crippen LogP contribution is 2.21. The molecule has 0 fully saturated rings. The van der Waals surface area contributed by atoms with E-state index in [2.05, 4.69) is 4.98 Å². The zero-order valence-corrected chi connectivity index (χ0v) is 8.73. The molecule has 1 aromatic carbocycles. The number of nitrogens with one attached hydrogen (secondary N) is 1. The molecule has 0 aliphatic carbocycles. The number of hydrogen-bond acceptors (Lipinski definition) is 2. The maximum atomic E-state index is 12.1. The molecule has 0 saturated heterocycles. The summed E-state index contributed by atoms with van der Waals surface area (Å²) in [4.78, 5) is 20.2. The zero-order chi connectivity index (χ0) is 11.1. The zero-order valence-electron chi connectivity index (χ0n) is 8.73. The van der Waals surface area contributed by atoms with E-state index in [0.29, 0.717) is 5.39 Å². The smallest absolute Gasteiger partial charge is 0.293 e. The number of rotatable bonds is 1. The minimum absolute atomic E-state index is 0.141. The van der Waals surface area contributed by atoms with Gasteiger partial charge in [-0.15, -0.1) is 0 Å². The van der Waals surface area contributed by atoms with E-state index >= 15 is 0 Å². The molecule has 0 spiro atoms. The molecule has 0 radical (unpaired) electrons. The molecule has 0 amide bonds. The van der Waals surface area contributed by atoms with Crippen LogP contribution in [0.5, 0.6) is 0 Å². The number of fused-ring (bicyclic) bond motifs is 3. The van der Waals surface area contributed by atoms with Crippen molar-refractivity contribution >= 4 is 21.8 Å². The lowest BCUT2D eigenvalue weighted by Crippen LogP contribution is -2.23. The van der Waals surface area contributed by atoms with Gasteiger partial charge in [0.2, 0.25) is 0 Å². The van der Waals surface area contributed by atoms with E-state index in [4.69, 9.17) is 4.84 Å². The summed E-state index contributed by atoms with van der Waals surface area (Å²) in [5.74, 6) is 0. The van der Waals surface area contributed by atoms with Crippen molar-refractivity contribution in [1.82, 2.24) is 9.71 Å². The second kappa shape index (κ2) is 3.13. The molecule has 2 aromatic heterocycles. The summed E-state index contributed by atoms with van der Waals surface area (Å²) in [5.41, 5.74) is 1.65. The summed E-state index contributed by atoms with van der Waals surface area (Å²) in [6, 6.07) is 9.56. The Labute approximate surface area is 91.0 Å². The van der Waals surface area contributed by atoms with Gasteiger partial charge in [0, 0.05) is 17.1 Å². The Kier molecular flexibility index (Phi) is 1.77. The lowest BCUT2D eigenvalue weighted by Gasteiger charge is -2.01. The fourth-order valence-electron chi connectivity index (χ4n) is 1.98. The van der Waals surface area contributed by atoms with Gasteiger partial charge in [0.25, 0.3) is 5.56 Å². The number of para-hydroxylation sites is 1. The minimum atomic E-state index is -0.141. The van der Waals surface area contributed by atoms with Crippen LogP contribution in [0, 0.1) is 0 Å². The van der Waals surface area contributed by atoms with Crippen molar-refractivity contribution in [2.45, 2.75) is 0 Å². The summed E-state index contributed by atoms with van der Waals surface area (Å²) in [5, 5.41) is 1.59. The normalized spacial score (nSPS) is 11.1. The fraction of sp³-hybridized carbons (Fsp3) is 0.0833. The molecule has 0 aliphatic heterocycles. The topological polar surface area (TPSA) is 47.0 Å². The molecule has 80 valence electrons. The number of pyridine rings is 1. The van der Waals surface area contributed by atoms with Gasteiger partial charge >= 0.3 is 0 Å². The number of aromatic amines is 1. The molecule has 0 atom stereocenters. The molecule has 0 unspecified atom stereocenters. The maximum absolute atomic E-state index is 12.1. The van der Waals surface area contributed by atoms with Crippen molar-refractivity contribution in [3.05, 3.63) is 46.9 Å². The standard InChI is InChI=1S/C12H10N2O2/c1-16-14-7-6-10-11(12(14)15)8-4-2-3-5-9(8)13-10/h2-7,13H,1H3. The molecule has 3 rings (SSSR count). The SMILES string of the molecule is COn1ccc2[nH]c3ccccc3c2c1=O. The van der Waals surface area contributed by atoms with Crippen molar-refractivity contribution in [2.24, 2.45) is 0 Å². The van der Waals surface area contributed by atoms with Crippen LogP contribution in [0.25, 0.3) is 21.8 Å². The van der Waals surface area contributed by atoms with Crippen LogP contribution in [0.3, 0.4) is 0 Å². The van der Waals surface area contributed by atoms with E-state index in [1.807, 2.05) is 30.3 Å². The van der Waals surface area contributed by atoms with E-state index in [9.17, 15) is 4.79 Å². The molecular weight excluding hydrogens is 204 g/mol. The highest BCUT2D eigenvalue weighted by Gasteiger charge is 2.09. The van der Waals surface area contributed by atoms with Crippen molar-refractivity contribution in [1.29, 1.82) is 0 Å². The first-order chi connectivity index (χ1) is 7.81. The Morgan fingerprint density at radius 2 is 2.00 bits per heavy atom. The maximum Gasteiger partial charge on any atom is 0.293 e. The number of nitrogens with zero attached hydrogens (tertiary/aromatic N) is 1. The van der Waals surface area contributed by atoms with Crippen LogP contribution in [-0.2, 0) is 0 Å². The van der Waals surface area contributed by atoms with E-state index < -0.39 is 0 Å². The first-order valence-corrected chi connectivity index (χ1v) is 4.98. The van der Waals surface area contributed by atoms with Crippen LogP contribution in [-0.4, -0.2) is 16.8 Å². The van der Waals surface area contributed by atoms with Crippen molar-refractivity contribution < 1.29 is 4.84 Å².